The lowest BCUT2D eigenvalue weighted by atomic mass is 10.1. The minimum Gasteiger partial charge on any atom is -0.365 e. The molecule has 6 nitrogen and oxygen atoms in total. The maximum atomic E-state index is 12.1. The summed E-state index contributed by atoms with van der Waals surface area (Å²) in [6, 6.07) is 0. The van der Waals surface area contributed by atoms with E-state index in [2.05, 4.69) is 5.32 Å². The summed E-state index contributed by atoms with van der Waals surface area (Å²) in [5.41, 5.74) is 5.43. The van der Waals surface area contributed by atoms with Crippen LogP contribution in [0.25, 0.3) is 0 Å². The highest BCUT2D eigenvalue weighted by Crippen LogP contribution is 2.10. The first-order valence-electron chi connectivity index (χ1n) is 7.91. The first-order valence-corrected chi connectivity index (χ1v) is 7.91. The molecular weight excluding hydrogens is 270 g/mol. The number of carbonyl (C=O) groups is 2. The Morgan fingerprint density at radius 1 is 1.33 bits per heavy atom. The average Bonchev–Trinajstić information content (AvgIpc) is 2.49. The van der Waals surface area contributed by atoms with Gasteiger partial charge in [-0.05, 0) is 25.3 Å². The Hall–Kier alpha value is -1.14. The molecule has 1 aliphatic rings. The average molecular weight is 299 g/mol. The van der Waals surface area contributed by atoms with Crippen LogP contribution in [0.3, 0.4) is 0 Å². The molecule has 1 aliphatic heterocycles. The second-order valence-electron chi connectivity index (χ2n) is 5.94. The molecule has 0 aliphatic carbocycles. The summed E-state index contributed by atoms with van der Waals surface area (Å²) in [6.45, 7) is 6.74. The van der Waals surface area contributed by atoms with Crippen LogP contribution in [0.4, 0.5) is 0 Å². The van der Waals surface area contributed by atoms with Crippen molar-refractivity contribution in [3.8, 4) is 0 Å². The van der Waals surface area contributed by atoms with Crippen molar-refractivity contribution in [3.05, 3.63) is 0 Å². The molecule has 0 aromatic heterocycles. The third-order valence-electron chi connectivity index (χ3n) is 3.49. The quantitative estimate of drug-likeness (QED) is 0.639. The number of unbranched alkanes of at least 4 members (excludes halogenated alkanes) is 2. The molecule has 1 fully saturated rings. The van der Waals surface area contributed by atoms with E-state index in [1.165, 1.54) is 0 Å². The van der Waals surface area contributed by atoms with Gasteiger partial charge in [-0.25, -0.2) is 0 Å². The van der Waals surface area contributed by atoms with Crippen molar-refractivity contribution >= 4 is 11.8 Å². The minimum absolute atomic E-state index is 0.108. The largest absolute Gasteiger partial charge is 0.365 e. The molecule has 0 bridgehead atoms. The standard InChI is InChI=1S/C15H29N3O3/c1-12(2)10-17-15(20)13-11-18(8-9-21-13)14(19)6-4-3-5-7-16/h12-13H,3-11,16H2,1-2H3,(H,17,20). The van der Waals surface area contributed by atoms with Gasteiger partial charge in [0, 0.05) is 19.5 Å². The van der Waals surface area contributed by atoms with Crippen LogP contribution in [0, 0.1) is 5.92 Å². The van der Waals surface area contributed by atoms with Crippen LogP contribution >= 0.6 is 0 Å². The highest BCUT2D eigenvalue weighted by atomic mass is 16.5. The van der Waals surface area contributed by atoms with Crippen molar-refractivity contribution in [2.45, 2.75) is 45.6 Å². The number of rotatable bonds is 8. The smallest absolute Gasteiger partial charge is 0.250 e. The number of nitrogens with zero attached hydrogens (tertiary/aromatic N) is 1. The molecule has 0 aromatic rings. The molecule has 1 heterocycles. The van der Waals surface area contributed by atoms with Gasteiger partial charge in [0.25, 0.3) is 5.91 Å². The van der Waals surface area contributed by atoms with Gasteiger partial charge < -0.3 is 20.7 Å². The van der Waals surface area contributed by atoms with Crippen LogP contribution < -0.4 is 11.1 Å². The maximum Gasteiger partial charge on any atom is 0.250 e. The number of morpholine rings is 1. The Balaban J connectivity index is 2.33. The van der Waals surface area contributed by atoms with Gasteiger partial charge >= 0.3 is 0 Å². The van der Waals surface area contributed by atoms with E-state index in [1.807, 2.05) is 13.8 Å². The van der Waals surface area contributed by atoms with Crippen LogP contribution in [0.1, 0.15) is 39.5 Å². The van der Waals surface area contributed by atoms with E-state index < -0.39 is 6.10 Å². The van der Waals surface area contributed by atoms with Crippen molar-refractivity contribution in [1.82, 2.24) is 10.2 Å². The van der Waals surface area contributed by atoms with Crippen LogP contribution in [-0.2, 0) is 14.3 Å². The van der Waals surface area contributed by atoms with Gasteiger partial charge in [0.2, 0.25) is 5.91 Å². The molecule has 6 heteroatoms. The van der Waals surface area contributed by atoms with Gasteiger partial charge in [-0.15, -0.1) is 0 Å². The highest BCUT2D eigenvalue weighted by Gasteiger charge is 2.28. The van der Waals surface area contributed by atoms with Crippen molar-refractivity contribution in [2.75, 3.05) is 32.8 Å². The predicted octanol–water partition coefficient (Wildman–Crippen LogP) is 0.505. The second kappa shape index (κ2) is 9.73. The molecule has 1 saturated heterocycles. The van der Waals surface area contributed by atoms with Gasteiger partial charge in [-0.1, -0.05) is 20.3 Å². The zero-order chi connectivity index (χ0) is 15.7. The molecule has 3 N–H and O–H groups in total. The van der Waals surface area contributed by atoms with Crippen molar-refractivity contribution in [1.29, 1.82) is 0 Å². The van der Waals surface area contributed by atoms with Crippen LogP contribution in [-0.4, -0.2) is 55.6 Å². The first kappa shape index (κ1) is 17.9. The molecule has 0 radical (unpaired) electrons. The fourth-order valence-electron chi connectivity index (χ4n) is 2.21. The van der Waals surface area contributed by atoms with Gasteiger partial charge in [0.1, 0.15) is 0 Å². The normalized spacial score (nSPS) is 18.9. The number of nitrogens with two attached hydrogens (primary N) is 1. The zero-order valence-corrected chi connectivity index (χ0v) is 13.3. The summed E-state index contributed by atoms with van der Waals surface area (Å²) >= 11 is 0. The molecule has 1 unspecified atom stereocenters. The molecule has 21 heavy (non-hydrogen) atoms. The summed E-state index contributed by atoms with van der Waals surface area (Å²) in [5, 5.41) is 2.86. The molecule has 0 spiro atoms. The van der Waals surface area contributed by atoms with E-state index in [0.717, 1.165) is 19.3 Å². The van der Waals surface area contributed by atoms with E-state index in [4.69, 9.17) is 10.5 Å². The minimum atomic E-state index is -0.537. The summed E-state index contributed by atoms with van der Waals surface area (Å²) in [5.74, 6) is 0.388. The second-order valence-corrected chi connectivity index (χ2v) is 5.94. The van der Waals surface area contributed by atoms with E-state index in [-0.39, 0.29) is 11.8 Å². The van der Waals surface area contributed by atoms with Gasteiger partial charge in [-0.3, -0.25) is 9.59 Å². The molecule has 122 valence electrons. The summed E-state index contributed by atoms with van der Waals surface area (Å²) in [6.07, 6.45) is 2.78. The predicted molar refractivity (Wildman–Crippen MR) is 81.7 cm³/mol. The Bertz CT molecular complexity index is 334. The Morgan fingerprint density at radius 2 is 2.10 bits per heavy atom. The summed E-state index contributed by atoms with van der Waals surface area (Å²) in [7, 11) is 0. The fourth-order valence-corrected chi connectivity index (χ4v) is 2.21. The number of carbonyl (C=O) groups excluding carboxylic acids is 2. The Morgan fingerprint density at radius 3 is 2.76 bits per heavy atom. The number of ether oxygens (including phenoxy) is 1. The molecule has 0 aromatic carbocycles. The summed E-state index contributed by atoms with van der Waals surface area (Å²) < 4.78 is 5.47. The maximum absolute atomic E-state index is 12.1. The number of amides is 2. The lowest BCUT2D eigenvalue weighted by Crippen LogP contribution is -2.52. The van der Waals surface area contributed by atoms with Crippen molar-refractivity contribution in [2.24, 2.45) is 11.7 Å². The molecule has 0 saturated carbocycles. The van der Waals surface area contributed by atoms with E-state index >= 15 is 0 Å². The SMILES string of the molecule is CC(C)CNC(=O)C1CN(C(=O)CCCCCN)CCO1. The Labute approximate surface area is 127 Å². The molecule has 1 atom stereocenters. The summed E-state index contributed by atoms with van der Waals surface area (Å²) in [4.78, 5) is 25.8. The molecular formula is C15H29N3O3. The zero-order valence-electron chi connectivity index (χ0n) is 13.3. The third-order valence-corrected chi connectivity index (χ3v) is 3.49. The molecule has 2 amide bonds. The number of nitrogens with one attached hydrogen (secondary N) is 1. The van der Waals surface area contributed by atoms with Crippen LogP contribution in [0.2, 0.25) is 0 Å². The molecule has 1 rings (SSSR count). The number of hydrogen-bond acceptors (Lipinski definition) is 4. The fraction of sp³-hybridized carbons (Fsp3) is 0.867. The van der Waals surface area contributed by atoms with E-state index in [1.54, 1.807) is 4.90 Å². The van der Waals surface area contributed by atoms with Crippen molar-refractivity contribution in [3.63, 3.8) is 0 Å². The highest BCUT2D eigenvalue weighted by molar-refractivity contribution is 5.83. The number of hydrogen-bond donors (Lipinski definition) is 2. The van der Waals surface area contributed by atoms with Gasteiger partial charge in [0.15, 0.2) is 6.10 Å². The van der Waals surface area contributed by atoms with Crippen LogP contribution in [0.5, 0.6) is 0 Å². The first-order chi connectivity index (χ1) is 10.0. The Kier molecular flexibility index (Phi) is 8.30. The van der Waals surface area contributed by atoms with Gasteiger partial charge in [0.05, 0.1) is 13.2 Å². The topological polar surface area (TPSA) is 84.7 Å². The van der Waals surface area contributed by atoms with Crippen molar-refractivity contribution < 1.29 is 14.3 Å². The lowest BCUT2D eigenvalue weighted by Gasteiger charge is -2.32. The lowest BCUT2D eigenvalue weighted by molar-refractivity contribution is -0.147. The monoisotopic (exact) mass is 299 g/mol. The third kappa shape index (κ3) is 6.91. The van der Waals surface area contributed by atoms with Crippen LogP contribution in [0.15, 0.2) is 0 Å². The van der Waals surface area contributed by atoms with E-state index in [0.29, 0.717) is 45.1 Å². The van der Waals surface area contributed by atoms with E-state index in [9.17, 15) is 9.59 Å². The van der Waals surface area contributed by atoms with Gasteiger partial charge in [-0.2, -0.15) is 0 Å².